The molecule has 0 aliphatic rings. The number of nitrogens with one attached hydrogen (secondary N) is 1. The Morgan fingerprint density at radius 2 is 1.72 bits per heavy atom. The summed E-state index contributed by atoms with van der Waals surface area (Å²) in [5.41, 5.74) is 7.84. The highest BCUT2D eigenvalue weighted by molar-refractivity contribution is 5.39. The molecule has 0 aromatic heterocycles. The lowest BCUT2D eigenvalue weighted by Gasteiger charge is -2.17. The monoisotopic (exact) mass is 249 g/mol. The molecule has 0 saturated carbocycles. The molecule has 0 radical (unpaired) electrons. The average Bonchev–Trinajstić information content (AvgIpc) is 2.40. The van der Waals surface area contributed by atoms with Crippen LogP contribution >= 0.6 is 0 Å². The first kappa shape index (κ1) is 15.0. The fraction of sp³-hybridized carbons (Fsp3) is 0.600. The Morgan fingerprint density at radius 1 is 1.06 bits per heavy atom. The van der Waals surface area contributed by atoms with Crippen molar-refractivity contribution < 1.29 is 0 Å². The van der Waals surface area contributed by atoms with Crippen molar-refractivity contribution in [1.82, 2.24) is 10.2 Å². The first-order valence-electron chi connectivity index (χ1n) is 7.03. The largest absolute Gasteiger partial charge is 0.399 e. The van der Waals surface area contributed by atoms with Gasteiger partial charge in [-0.1, -0.05) is 26.0 Å². The van der Waals surface area contributed by atoms with Crippen molar-refractivity contribution in [3.63, 3.8) is 0 Å². The van der Waals surface area contributed by atoms with Gasteiger partial charge in [0.2, 0.25) is 0 Å². The van der Waals surface area contributed by atoms with Gasteiger partial charge in [-0.2, -0.15) is 0 Å². The minimum atomic E-state index is 0.839. The maximum absolute atomic E-state index is 5.66. The summed E-state index contributed by atoms with van der Waals surface area (Å²) in [4.78, 5) is 2.46. The normalized spacial score (nSPS) is 11.1. The average molecular weight is 249 g/mol. The molecule has 0 aliphatic heterocycles. The number of hydrogen-bond acceptors (Lipinski definition) is 3. The van der Waals surface area contributed by atoms with Gasteiger partial charge in [0.15, 0.2) is 0 Å². The van der Waals surface area contributed by atoms with Gasteiger partial charge in [-0.05, 0) is 63.3 Å². The molecule has 0 bridgehead atoms. The van der Waals surface area contributed by atoms with E-state index in [1.54, 1.807) is 0 Å². The molecular weight excluding hydrogens is 222 g/mol. The van der Waals surface area contributed by atoms with E-state index in [0.717, 1.165) is 38.3 Å². The molecule has 0 atom stereocenters. The van der Waals surface area contributed by atoms with Crippen LogP contribution in [0.25, 0.3) is 0 Å². The highest BCUT2D eigenvalue weighted by atomic mass is 15.1. The first-order chi connectivity index (χ1) is 8.76. The molecular formula is C15H27N3. The van der Waals surface area contributed by atoms with Crippen LogP contribution in [0.3, 0.4) is 0 Å². The number of anilines is 1. The third kappa shape index (κ3) is 6.03. The molecule has 0 unspecified atom stereocenters. The number of nitrogen functional groups attached to an aromatic ring is 1. The Morgan fingerprint density at radius 3 is 2.33 bits per heavy atom. The second-order valence-electron chi connectivity index (χ2n) is 4.62. The van der Waals surface area contributed by atoms with Gasteiger partial charge < -0.3 is 16.0 Å². The Bertz CT molecular complexity index is 304. The summed E-state index contributed by atoms with van der Waals surface area (Å²) < 4.78 is 0. The molecule has 1 rings (SSSR count). The predicted molar refractivity (Wildman–Crippen MR) is 79.8 cm³/mol. The molecule has 3 N–H and O–H groups in total. The molecule has 18 heavy (non-hydrogen) atoms. The summed E-state index contributed by atoms with van der Waals surface area (Å²) in [5, 5.41) is 3.49. The number of nitrogens with two attached hydrogens (primary N) is 1. The van der Waals surface area contributed by atoms with Crippen molar-refractivity contribution in [3.05, 3.63) is 29.8 Å². The summed E-state index contributed by atoms with van der Waals surface area (Å²) in [6.07, 6.45) is 2.30. The van der Waals surface area contributed by atoms with Crippen molar-refractivity contribution in [3.8, 4) is 0 Å². The highest BCUT2D eigenvalue weighted by Crippen LogP contribution is 2.05. The molecule has 0 heterocycles. The topological polar surface area (TPSA) is 41.3 Å². The quantitative estimate of drug-likeness (QED) is 0.520. The SMILES string of the molecule is CCN(CC)CCCNCCc1ccc(N)cc1. The number of benzene rings is 1. The van der Waals surface area contributed by atoms with E-state index < -0.39 is 0 Å². The van der Waals surface area contributed by atoms with Gasteiger partial charge in [0.1, 0.15) is 0 Å². The summed E-state index contributed by atoms with van der Waals surface area (Å²) in [5.74, 6) is 0. The maximum atomic E-state index is 5.66. The summed E-state index contributed by atoms with van der Waals surface area (Å²) >= 11 is 0. The summed E-state index contributed by atoms with van der Waals surface area (Å²) in [6, 6.07) is 8.14. The fourth-order valence-corrected chi connectivity index (χ4v) is 2.01. The van der Waals surface area contributed by atoms with Gasteiger partial charge in [-0.3, -0.25) is 0 Å². The minimum Gasteiger partial charge on any atom is -0.399 e. The predicted octanol–water partition coefficient (Wildman–Crippen LogP) is 2.13. The van der Waals surface area contributed by atoms with E-state index in [0.29, 0.717) is 0 Å². The van der Waals surface area contributed by atoms with Gasteiger partial charge in [0.05, 0.1) is 0 Å². The van der Waals surface area contributed by atoms with E-state index in [9.17, 15) is 0 Å². The molecule has 0 amide bonds. The van der Waals surface area contributed by atoms with E-state index >= 15 is 0 Å². The second kappa shape index (κ2) is 8.95. The van der Waals surface area contributed by atoms with Gasteiger partial charge in [0, 0.05) is 5.69 Å². The van der Waals surface area contributed by atoms with E-state index in [4.69, 9.17) is 5.73 Å². The number of hydrogen-bond donors (Lipinski definition) is 2. The van der Waals surface area contributed by atoms with Crippen LogP contribution in [0, 0.1) is 0 Å². The molecule has 3 nitrogen and oxygen atoms in total. The Labute approximate surface area is 111 Å². The second-order valence-corrected chi connectivity index (χ2v) is 4.62. The Kier molecular flexibility index (Phi) is 7.46. The van der Waals surface area contributed by atoms with Gasteiger partial charge in [-0.25, -0.2) is 0 Å². The van der Waals surface area contributed by atoms with Gasteiger partial charge in [0.25, 0.3) is 0 Å². The lowest BCUT2D eigenvalue weighted by Crippen LogP contribution is -2.27. The van der Waals surface area contributed by atoms with Gasteiger partial charge >= 0.3 is 0 Å². The van der Waals surface area contributed by atoms with Crippen molar-refractivity contribution in [2.24, 2.45) is 0 Å². The zero-order chi connectivity index (χ0) is 13.2. The van der Waals surface area contributed by atoms with Crippen molar-refractivity contribution in [2.75, 3.05) is 38.5 Å². The molecule has 1 aromatic rings. The lowest BCUT2D eigenvalue weighted by atomic mass is 10.1. The highest BCUT2D eigenvalue weighted by Gasteiger charge is 1.98. The van der Waals surface area contributed by atoms with Crippen LogP contribution in [-0.2, 0) is 6.42 Å². The van der Waals surface area contributed by atoms with Crippen LogP contribution in [0.15, 0.2) is 24.3 Å². The molecule has 0 saturated heterocycles. The fourth-order valence-electron chi connectivity index (χ4n) is 2.01. The van der Waals surface area contributed by atoms with Crippen LogP contribution < -0.4 is 11.1 Å². The van der Waals surface area contributed by atoms with E-state index in [-0.39, 0.29) is 0 Å². The Hall–Kier alpha value is -1.06. The lowest BCUT2D eigenvalue weighted by molar-refractivity contribution is 0.298. The zero-order valence-corrected chi connectivity index (χ0v) is 11.8. The zero-order valence-electron chi connectivity index (χ0n) is 11.8. The van der Waals surface area contributed by atoms with E-state index in [2.05, 4.69) is 36.2 Å². The van der Waals surface area contributed by atoms with Gasteiger partial charge in [-0.15, -0.1) is 0 Å². The first-order valence-corrected chi connectivity index (χ1v) is 7.03. The van der Waals surface area contributed by atoms with Crippen LogP contribution in [-0.4, -0.2) is 37.6 Å². The number of nitrogens with zero attached hydrogens (tertiary/aromatic N) is 1. The molecule has 102 valence electrons. The summed E-state index contributed by atoms with van der Waals surface area (Å²) in [7, 11) is 0. The van der Waals surface area contributed by atoms with Crippen LogP contribution in [0.5, 0.6) is 0 Å². The van der Waals surface area contributed by atoms with Crippen LogP contribution in [0.4, 0.5) is 5.69 Å². The summed E-state index contributed by atoms with van der Waals surface area (Å²) in [6.45, 7) is 10.1. The molecule has 3 heteroatoms. The van der Waals surface area contributed by atoms with Crippen molar-refractivity contribution in [2.45, 2.75) is 26.7 Å². The number of rotatable bonds is 9. The minimum absolute atomic E-state index is 0.839. The van der Waals surface area contributed by atoms with Crippen LogP contribution in [0.2, 0.25) is 0 Å². The standard InChI is InChI=1S/C15H27N3/c1-3-18(4-2)13-5-11-17-12-10-14-6-8-15(16)9-7-14/h6-9,17H,3-5,10-13,16H2,1-2H3. The van der Waals surface area contributed by atoms with Crippen LogP contribution in [0.1, 0.15) is 25.8 Å². The van der Waals surface area contributed by atoms with E-state index in [1.807, 2.05) is 12.1 Å². The third-order valence-corrected chi connectivity index (χ3v) is 3.29. The molecule has 0 aliphatic carbocycles. The molecule has 0 fully saturated rings. The Balaban J connectivity index is 2.03. The van der Waals surface area contributed by atoms with Crippen molar-refractivity contribution >= 4 is 5.69 Å². The van der Waals surface area contributed by atoms with Crippen molar-refractivity contribution in [1.29, 1.82) is 0 Å². The third-order valence-electron chi connectivity index (χ3n) is 3.29. The smallest absolute Gasteiger partial charge is 0.0314 e. The maximum Gasteiger partial charge on any atom is 0.0314 e. The van der Waals surface area contributed by atoms with E-state index in [1.165, 1.54) is 18.5 Å². The molecule has 0 spiro atoms. The molecule has 1 aromatic carbocycles.